The zero-order chi connectivity index (χ0) is 17.3. The minimum atomic E-state index is -0.433. The van der Waals surface area contributed by atoms with Crippen LogP contribution in [-0.2, 0) is 11.3 Å². The Morgan fingerprint density at radius 2 is 2.04 bits per heavy atom. The highest BCUT2D eigenvalue weighted by Gasteiger charge is 2.16. The summed E-state index contributed by atoms with van der Waals surface area (Å²) in [6.07, 6.45) is 0. The number of ether oxygens (including phenoxy) is 1. The third-order valence-corrected chi connectivity index (χ3v) is 4.17. The summed E-state index contributed by atoms with van der Waals surface area (Å²) in [5.74, 6) is 0.873. The molecule has 0 saturated carbocycles. The molecule has 0 aliphatic rings. The lowest BCUT2D eigenvalue weighted by Gasteiger charge is -2.12. The first-order valence-electron chi connectivity index (χ1n) is 8.04. The molecule has 24 heavy (non-hydrogen) atoms. The van der Waals surface area contributed by atoms with Crippen molar-refractivity contribution in [3.8, 4) is 0 Å². The standard InChI is InChI=1S/C19H20ClNO3/c1-4-23-19(22)18-8-6-15(24-18)11-21-16-7-5-14(20)9-13(16)10-17(21)12(2)3/h5-10,12H,4,11H2,1-3H3. The number of hydrogen-bond acceptors (Lipinski definition) is 3. The summed E-state index contributed by atoms with van der Waals surface area (Å²) in [5, 5.41) is 1.82. The van der Waals surface area contributed by atoms with E-state index in [4.69, 9.17) is 20.8 Å². The van der Waals surface area contributed by atoms with Gasteiger partial charge >= 0.3 is 5.97 Å². The minimum absolute atomic E-state index is 0.234. The SMILES string of the molecule is CCOC(=O)c1ccc(Cn2c(C(C)C)cc3cc(Cl)ccc32)o1. The van der Waals surface area contributed by atoms with Crippen LogP contribution in [0.2, 0.25) is 5.02 Å². The molecule has 0 bridgehead atoms. The molecule has 5 heteroatoms. The third kappa shape index (κ3) is 3.20. The Morgan fingerprint density at radius 3 is 2.75 bits per heavy atom. The van der Waals surface area contributed by atoms with Gasteiger partial charge in [0.1, 0.15) is 5.76 Å². The van der Waals surface area contributed by atoms with Crippen LogP contribution in [0, 0.1) is 0 Å². The van der Waals surface area contributed by atoms with Crippen LogP contribution in [0.1, 0.15) is 48.7 Å². The van der Waals surface area contributed by atoms with Crippen LogP contribution in [0.5, 0.6) is 0 Å². The van der Waals surface area contributed by atoms with Gasteiger partial charge in [-0.25, -0.2) is 4.79 Å². The van der Waals surface area contributed by atoms with Crippen molar-refractivity contribution in [3.63, 3.8) is 0 Å². The van der Waals surface area contributed by atoms with Crippen LogP contribution in [0.3, 0.4) is 0 Å². The van der Waals surface area contributed by atoms with Crippen molar-refractivity contribution in [1.82, 2.24) is 4.57 Å². The van der Waals surface area contributed by atoms with Crippen molar-refractivity contribution in [2.24, 2.45) is 0 Å². The monoisotopic (exact) mass is 345 g/mol. The van der Waals surface area contributed by atoms with Gasteiger partial charge in [0.2, 0.25) is 5.76 Å². The highest BCUT2D eigenvalue weighted by molar-refractivity contribution is 6.31. The van der Waals surface area contributed by atoms with Crippen LogP contribution in [0.25, 0.3) is 10.9 Å². The Morgan fingerprint density at radius 1 is 1.25 bits per heavy atom. The molecular weight excluding hydrogens is 326 g/mol. The van der Waals surface area contributed by atoms with Gasteiger partial charge in [-0.3, -0.25) is 0 Å². The Bertz CT molecular complexity index is 876. The van der Waals surface area contributed by atoms with E-state index in [-0.39, 0.29) is 5.76 Å². The maximum atomic E-state index is 11.7. The first-order chi connectivity index (χ1) is 11.5. The summed E-state index contributed by atoms with van der Waals surface area (Å²) in [5.41, 5.74) is 2.29. The molecular formula is C19H20ClNO3. The number of furan rings is 1. The zero-order valence-corrected chi connectivity index (χ0v) is 14.8. The molecule has 4 nitrogen and oxygen atoms in total. The fraction of sp³-hybridized carbons (Fsp3) is 0.316. The largest absolute Gasteiger partial charge is 0.460 e. The molecule has 0 aliphatic carbocycles. The van der Waals surface area contributed by atoms with E-state index in [1.165, 1.54) is 5.69 Å². The second-order valence-electron chi connectivity index (χ2n) is 6.00. The number of carbonyl (C=O) groups is 1. The normalized spacial score (nSPS) is 11.4. The van der Waals surface area contributed by atoms with Crippen molar-refractivity contribution in [2.45, 2.75) is 33.2 Å². The lowest BCUT2D eigenvalue weighted by atomic mass is 10.1. The molecule has 3 aromatic rings. The van der Waals surface area contributed by atoms with Gasteiger partial charge in [0, 0.05) is 21.6 Å². The van der Waals surface area contributed by atoms with E-state index in [1.54, 1.807) is 13.0 Å². The number of aromatic nitrogens is 1. The summed E-state index contributed by atoms with van der Waals surface area (Å²) in [4.78, 5) is 11.7. The first-order valence-corrected chi connectivity index (χ1v) is 8.42. The van der Waals surface area contributed by atoms with Crippen LogP contribution in [-0.4, -0.2) is 17.1 Å². The zero-order valence-electron chi connectivity index (χ0n) is 14.0. The average molecular weight is 346 g/mol. The number of halogens is 1. The van der Waals surface area contributed by atoms with Crippen LogP contribution in [0.4, 0.5) is 0 Å². The molecule has 1 aromatic carbocycles. The number of benzene rings is 1. The van der Waals surface area contributed by atoms with Crippen molar-refractivity contribution >= 4 is 28.5 Å². The molecule has 2 aromatic heterocycles. The molecule has 0 spiro atoms. The van der Waals surface area contributed by atoms with Gasteiger partial charge in [-0.2, -0.15) is 0 Å². The van der Waals surface area contributed by atoms with E-state index in [0.29, 0.717) is 24.8 Å². The molecule has 0 saturated heterocycles. The van der Waals surface area contributed by atoms with Gasteiger partial charge in [-0.1, -0.05) is 25.4 Å². The van der Waals surface area contributed by atoms with E-state index in [0.717, 1.165) is 15.9 Å². The number of carbonyl (C=O) groups excluding carboxylic acids is 1. The fourth-order valence-electron chi connectivity index (χ4n) is 2.85. The molecule has 3 rings (SSSR count). The average Bonchev–Trinajstić information content (AvgIpc) is 3.13. The number of fused-ring (bicyclic) bond motifs is 1. The van der Waals surface area contributed by atoms with Crippen LogP contribution < -0.4 is 0 Å². The van der Waals surface area contributed by atoms with E-state index in [9.17, 15) is 4.79 Å². The van der Waals surface area contributed by atoms with Crippen LogP contribution >= 0.6 is 11.6 Å². The summed E-state index contributed by atoms with van der Waals surface area (Å²) < 4.78 is 12.8. The van der Waals surface area contributed by atoms with Gasteiger partial charge in [0.05, 0.1) is 13.2 Å². The molecule has 2 heterocycles. The molecule has 0 N–H and O–H groups in total. The van der Waals surface area contributed by atoms with E-state index < -0.39 is 5.97 Å². The molecule has 126 valence electrons. The van der Waals surface area contributed by atoms with E-state index in [1.807, 2.05) is 24.3 Å². The fourth-order valence-corrected chi connectivity index (χ4v) is 3.03. The second-order valence-corrected chi connectivity index (χ2v) is 6.44. The Kier molecular flexibility index (Phi) is 4.67. The van der Waals surface area contributed by atoms with Crippen LogP contribution in [0.15, 0.2) is 40.8 Å². The summed E-state index contributed by atoms with van der Waals surface area (Å²) in [7, 11) is 0. The van der Waals surface area contributed by atoms with Crippen molar-refractivity contribution in [2.75, 3.05) is 6.61 Å². The summed E-state index contributed by atoms with van der Waals surface area (Å²) >= 11 is 6.11. The number of rotatable bonds is 5. The smallest absolute Gasteiger partial charge is 0.374 e. The van der Waals surface area contributed by atoms with Crippen molar-refractivity contribution < 1.29 is 13.9 Å². The number of esters is 1. The summed E-state index contributed by atoms with van der Waals surface area (Å²) in [6.45, 7) is 6.96. The highest BCUT2D eigenvalue weighted by Crippen LogP contribution is 2.28. The van der Waals surface area contributed by atoms with Gasteiger partial charge in [0.15, 0.2) is 0 Å². The van der Waals surface area contributed by atoms with Gasteiger partial charge in [-0.15, -0.1) is 0 Å². The minimum Gasteiger partial charge on any atom is -0.460 e. The quantitative estimate of drug-likeness (QED) is 0.594. The Hall–Kier alpha value is -2.20. The lowest BCUT2D eigenvalue weighted by molar-refractivity contribution is 0.0488. The molecule has 0 amide bonds. The van der Waals surface area contributed by atoms with Crippen molar-refractivity contribution in [3.05, 3.63) is 58.6 Å². The third-order valence-electron chi connectivity index (χ3n) is 3.94. The predicted octanol–water partition coefficient (Wildman–Crippen LogP) is 5.24. The highest BCUT2D eigenvalue weighted by atomic mass is 35.5. The van der Waals surface area contributed by atoms with Gasteiger partial charge in [0.25, 0.3) is 0 Å². The van der Waals surface area contributed by atoms with E-state index in [2.05, 4.69) is 24.5 Å². The molecule has 0 aliphatic heterocycles. The molecule has 0 atom stereocenters. The Balaban J connectivity index is 1.97. The second kappa shape index (κ2) is 6.73. The van der Waals surface area contributed by atoms with Gasteiger partial charge < -0.3 is 13.7 Å². The maximum absolute atomic E-state index is 11.7. The van der Waals surface area contributed by atoms with E-state index >= 15 is 0 Å². The predicted molar refractivity (Wildman–Crippen MR) is 94.8 cm³/mol. The first kappa shape index (κ1) is 16.7. The molecule has 0 fully saturated rings. The van der Waals surface area contributed by atoms with Crippen molar-refractivity contribution in [1.29, 1.82) is 0 Å². The lowest BCUT2D eigenvalue weighted by Crippen LogP contribution is -2.05. The topological polar surface area (TPSA) is 44.4 Å². The Labute approximate surface area is 146 Å². The summed E-state index contributed by atoms with van der Waals surface area (Å²) in [6, 6.07) is 11.5. The number of hydrogen-bond donors (Lipinski definition) is 0. The molecule has 0 unspecified atom stereocenters. The number of nitrogens with zero attached hydrogens (tertiary/aromatic N) is 1. The maximum Gasteiger partial charge on any atom is 0.374 e. The molecule has 0 radical (unpaired) electrons. The van der Waals surface area contributed by atoms with Gasteiger partial charge in [-0.05, 0) is 49.2 Å².